The van der Waals surface area contributed by atoms with Crippen molar-refractivity contribution in [3.8, 4) is 0 Å². The van der Waals surface area contributed by atoms with Crippen molar-refractivity contribution >= 4 is 0 Å². The van der Waals surface area contributed by atoms with Gasteiger partial charge in [-0.25, -0.2) is 0 Å². The Balaban J connectivity index is 2.90. The highest BCUT2D eigenvalue weighted by Crippen LogP contribution is 2.33. The molecular formula is C7H9F3. The second kappa shape index (κ2) is 2.64. The number of rotatable bonds is 0. The number of hydrogen-bond acceptors (Lipinski definition) is 0. The van der Waals surface area contributed by atoms with E-state index < -0.39 is 31.3 Å². The Morgan fingerprint density at radius 3 is 2.80 bits per heavy atom. The van der Waals surface area contributed by atoms with E-state index in [4.69, 9.17) is 4.11 Å². The van der Waals surface area contributed by atoms with Crippen LogP contribution >= 0.6 is 0 Å². The first kappa shape index (κ1) is 4.42. The maximum Gasteiger partial charge on any atom is 0.395 e. The highest BCUT2D eigenvalue weighted by atomic mass is 19.4. The molecule has 0 bridgehead atoms. The molecule has 1 aliphatic rings. The molecule has 10 heavy (non-hydrogen) atoms. The summed E-state index contributed by atoms with van der Waals surface area (Å²) < 4.78 is 58.1. The Hall–Kier alpha value is -0.470. The molecule has 0 heterocycles. The molecule has 0 unspecified atom stereocenters. The zero-order chi connectivity index (χ0) is 10.3. The lowest BCUT2D eigenvalue weighted by Gasteiger charge is -2.18. The van der Waals surface area contributed by atoms with Crippen LogP contribution in [0.4, 0.5) is 13.2 Å². The summed E-state index contributed by atoms with van der Waals surface area (Å²) >= 11 is 0. The Kier molecular flexibility index (Phi) is 1.17. The third kappa shape index (κ3) is 1.75. The molecule has 0 spiro atoms. The molecule has 0 aromatic carbocycles. The third-order valence-electron chi connectivity index (χ3n) is 1.25. The van der Waals surface area contributed by atoms with Gasteiger partial charge in [-0.3, -0.25) is 0 Å². The van der Waals surface area contributed by atoms with E-state index in [0.717, 1.165) is 6.08 Å². The summed E-state index contributed by atoms with van der Waals surface area (Å²) in [5.74, 6) is -2.67. The zero-order valence-corrected chi connectivity index (χ0v) is 5.15. The van der Waals surface area contributed by atoms with Gasteiger partial charge in [0.15, 0.2) is 0 Å². The molecule has 0 aromatic heterocycles. The van der Waals surface area contributed by atoms with Gasteiger partial charge in [0.2, 0.25) is 0 Å². The predicted molar refractivity (Wildman–Crippen MR) is 32.5 cm³/mol. The molecular weight excluding hydrogens is 141 g/mol. The molecule has 0 aromatic rings. The van der Waals surface area contributed by atoms with E-state index in [1.807, 2.05) is 0 Å². The normalized spacial score (nSPS) is 53.3. The smallest absolute Gasteiger partial charge is 0.170 e. The van der Waals surface area contributed by atoms with Gasteiger partial charge in [0.25, 0.3) is 0 Å². The van der Waals surface area contributed by atoms with Crippen molar-refractivity contribution in [1.82, 2.24) is 0 Å². The Morgan fingerprint density at radius 1 is 1.60 bits per heavy atom. The van der Waals surface area contributed by atoms with Gasteiger partial charge in [-0.05, 0) is 19.2 Å². The Bertz CT molecular complexity index is 226. The molecule has 3 atom stereocenters. The first-order valence-electron chi connectivity index (χ1n) is 4.52. The summed E-state index contributed by atoms with van der Waals surface area (Å²) in [6, 6.07) is 0. The Labute approximate surface area is 61.9 Å². The number of hydrogen-bond donors (Lipinski definition) is 0. The molecule has 0 saturated heterocycles. The quantitative estimate of drug-likeness (QED) is 0.469. The minimum atomic E-state index is -4.65. The van der Waals surface area contributed by atoms with Crippen LogP contribution in [-0.4, -0.2) is 6.18 Å². The predicted octanol–water partition coefficient (Wildman–Crippen LogP) is 2.91. The maximum atomic E-state index is 12.2. The van der Waals surface area contributed by atoms with Crippen LogP contribution in [0.2, 0.25) is 0 Å². The fourth-order valence-corrected chi connectivity index (χ4v) is 0.724. The van der Waals surface area contributed by atoms with Gasteiger partial charge >= 0.3 is 6.18 Å². The number of allylic oxidation sites excluding steroid dienone is 2. The van der Waals surface area contributed by atoms with Crippen molar-refractivity contribution in [2.45, 2.75) is 25.4 Å². The van der Waals surface area contributed by atoms with E-state index in [1.54, 1.807) is 0 Å². The first-order chi connectivity index (χ1) is 5.76. The van der Waals surface area contributed by atoms with Crippen LogP contribution in [0.5, 0.6) is 0 Å². The number of alkyl halides is 3. The van der Waals surface area contributed by atoms with E-state index in [1.165, 1.54) is 0 Å². The SMILES string of the molecule is [2H][C@H]1C=C[C@]([2H])(C(F)(F)F)C[C@@H]1[2H]. The van der Waals surface area contributed by atoms with Crippen molar-refractivity contribution in [3.05, 3.63) is 12.2 Å². The fraction of sp³-hybridized carbons (Fsp3) is 0.714. The van der Waals surface area contributed by atoms with Gasteiger partial charge in [-0.15, -0.1) is 0 Å². The summed E-state index contributed by atoms with van der Waals surface area (Å²) in [5.41, 5.74) is 0. The highest BCUT2D eigenvalue weighted by molar-refractivity contribution is 4.95. The molecule has 1 rings (SSSR count). The van der Waals surface area contributed by atoms with Crippen LogP contribution in [0.25, 0.3) is 0 Å². The summed E-state index contributed by atoms with van der Waals surface area (Å²) in [5, 5.41) is 0. The van der Waals surface area contributed by atoms with Crippen molar-refractivity contribution in [3.63, 3.8) is 0 Å². The van der Waals surface area contributed by atoms with Crippen molar-refractivity contribution in [1.29, 1.82) is 0 Å². The van der Waals surface area contributed by atoms with Gasteiger partial charge in [0, 0.05) is 4.11 Å². The summed E-state index contributed by atoms with van der Waals surface area (Å²) in [6.07, 6.45) is -5.76. The molecule has 0 saturated carbocycles. The lowest BCUT2D eigenvalue weighted by Crippen LogP contribution is -2.22. The van der Waals surface area contributed by atoms with Gasteiger partial charge < -0.3 is 0 Å². The molecule has 58 valence electrons. The summed E-state index contributed by atoms with van der Waals surface area (Å²) in [6.45, 7) is 0. The van der Waals surface area contributed by atoms with Crippen molar-refractivity contribution in [2.24, 2.45) is 5.89 Å². The molecule has 0 aliphatic heterocycles. The van der Waals surface area contributed by atoms with Gasteiger partial charge in [0.05, 0.1) is 5.89 Å². The van der Waals surface area contributed by atoms with Crippen LogP contribution in [0.1, 0.15) is 23.3 Å². The van der Waals surface area contributed by atoms with Crippen LogP contribution in [-0.2, 0) is 0 Å². The van der Waals surface area contributed by atoms with E-state index >= 15 is 0 Å². The van der Waals surface area contributed by atoms with Gasteiger partial charge in [-0.2, -0.15) is 13.2 Å². The Morgan fingerprint density at radius 2 is 2.30 bits per heavy atom. The van der Waals surface area contributed by atoms with Crippen molar-refractivity contribution < 1.29 is 17.3 Å². The number of halogens is 3. The van der Waals surface area contributed by atoms with Gasteiger partial charge in [0.1, 0.15) is 0 Å². The molecule has 1 aliphatic carbocycles. The fourth-order valence-electron chi connectivity index (χ4n) is 0.724. The third-order valence-corrected chi connectivity index (χ3v) is 1.25. The van der Waals surface area contributed by atoms with Crippen LogP contribution in [0, 0.1) is 5.89 Å². The molecule has 0 nitrogen and oxygen atoms in total. The van der Waals surface area contributed by atoms with E-state index in [2.05, 4.69) is 0 Å². The van der Waals surface area contributed by atoms with E-state index in [-0.39, 0.29) is 0 Å². The van der Waals surface area contributed by atoms with Crippen molar-refractivity contribution in [2.75, 3.05) is 0 Å². The highest BCUT2D eigenvalue weighted by Gasteiger charge is 2.37. The average Bonchev–Trinajstić information content (AvgIpc) is 1.95. The molecule has 0 amide bonds. The standard InChI is InChI=1S/C7H9F3/c8-7(9,10)6-4-2-1-3-5-6/h2,4,6H,1,3,5H2/t6-/m0/s1/i1D,3D,6D/t1-,3+,6-. The van der Waals surface area contributed by atoms with Gasteiger partial charge in [-0.1, -0.05) is 12.2 Å². The summed E-state index contributed by atoms with van der Waals surface area (Å²) in [4.78, 5) is 0. The lowest BCUT2D eigenvalue weighted by molar-refractivity contribution is -0.163. The summed E-state index contributed by atoms with van der Waals surface area (Å²) in [7, 11) is 0. The molecule has 0 N–H and O–H groups in total. The van der Waals surface area contributed by atoms with E-state index in [0.29, 0.717) is 6.08 Å². The molecule has 0 radical (unpaired) electrons. The average molecular weight is 153 g/mol. The molecule has 0 fully saturated rings. The minimum Gasteiger partial charge on any atom is -0.170 e. The zero-order valence-electron chi connectivity index (χ0n) is 8.15. The monoisotopic (exact) mass is 153 g/mol. The second-order valence-corrected chi connectivity index (χ2v) is 2.01. The molecule has 3 heteroatoms. The largest absolute Gasteiger partial charge is 0.395 e. The van der Waals surface area contributed by atoms with Crippen LogP contribution < -0.4 is 0 Å². The lowest BCUT2D eigenvalue weighted by atomic mass is 9.96. The first-order valence-corrected chi connectivity index (χ1v) is 2.87. The van der Waals surface area contributed by atoms with Crippen LogP contribution in [0.15, 0.2) is 12.2 Å². The minimum absolute atomic E-state index is 0.652. The maximum absolute atomic E-state index is 12.2. The van der Waals surface area contributed by atoms with E-state index in [9.17, 15) is 13.2 Å². The topological polar surface area (TPSA) is 0 Å². The second-order valence-electron chi connectivity index (χ2n) is 2.01. The van der Waals surface area contributed by atoms with Crippen LogP contribution in [0.3, 0.4) is 0 Å².